The van der Waals surface area contributed by atoms with E-state index in [-0.39, 0.29) is 22.9 Å². The van der Waals surface area contributed by atoms with E-state index < -0.39 is 17.9 Å². The number of hydrogen-bond acceptors (Lipinski definition) is 4. The molecule has 2 aromatic rings. The second-order valence-electron chi connectivity index (χ2n) is 6.13. The van der Waals surface area contributed by atoms with Crippen LogP contribution in [0.15, 0.2) is 48.5 Å². The number of halogens is 2. The zero-order valence-electron chi connectivity index (χ0n) is 15.7. The maximum absolute atomic E-state index is 12.5. The van der Waals surface area contributed by atoms with Crippen molar-refractivity contribution in [3.63, 3.8) is 0 Å². The number of benzene rings is 2. The molecule has 2 aromatic carbocycles. The van der Waals surface area contributed by atoms with Crippen molar-refractivity contribution in [1.82, 2.24) is 16.2 Å². The van der Waals surface area contributed by atoms with Crippen LogP contribution >= 0.6 is 35.0 Å². The highest BCUT2D eigenvalue weighted by Gasteiger charge is 2.22. The molecule has 0 spiro atoms. The number of carbonyl (C=O) groups is 3. The van der Waals surface area contributed by atoms with Gasteiger partial charge < -0.3 is 5.32 Å². The lowest BCUT2D eigenvalue weighted by atomic mass is 10.1. The van der Waals surface area contributed by atoms with Gasteiger partial charge in [-0.2, -0.15) is 11.8 Å². The monoisotopic (exact) mass is 453 g/mol. The summed E-state index contributed by atoms with van der Waals surface area (Å²) in [4.78, 5) is 37.1. The van der Waals surface area contributed by atoms with E-state index >= 15 is 0 Å². The molecule has 1 atom stereocenters. The van der Waals surface area contributed by atoms with Gasteiger partial charge in [-0.15, -0.1) is 0 Å². The lowest BCUT2D eigenvalue weighted by Gasteiger charge is -2.19. The minimum absolute atomic E-state index is 0.128. The molecule has 0 radical (unpaired) electrons. The molecule has 0 fully saturated rings. The molecule has 3 N–H and O–H groups in total. The topological polar surface area (TPSA) is 87.3 Å². The highest BCUT2D eigenvalue weighted by atomic mass is 35.5. The van der Waals surface area contributed by atoms with Gasteiger partial charge in [-0.05, 0) is 42.2 Å². The number of carbonyl (C=O) groups excluding carboxylic acids is 3. The molecule has 3 amide bonds. The van der Waals surface area contributed by atoms with Crippen LogP contribution < -0.4 is 16.2 Å². The van der Waals surface area contributed by atoms with Crippen molar-refractivity contribution in [3.8, 4) is 0 Å². The first kappa shape index (κ1) is 23.1. The highest BCUT2D eigenvalue weighted by Crippen LogP contribution is 2.21. The summed E-state index contributed by atoms with van der Waals surface area (Å²) in [5.74, 6) is -0.729. The number of rotatable bonds is 8. The SMILES string of the molecule is CSCCC(NC(=O)c1ccc(Cl)cc1Cl)C(=O)NNC(=O)Cc1ccccc1. The van der Waals surface area contributed by atoms with Crippen LogP contribution in [0.1, 0.15) is 22.3 Å². The summed E-state index contributed by atoms with van der Waals surface area (Å²) in [6, 6.07) is 12.8. The van der Waals surface area contributed by atoms with Gasteiger partial charge in [0.15, 0.2) is 0 Å². The van der Waals surface area contributed by atoms with E-state index in [1.165, 1.54) is 23.9 Å². The zero-order chi connectivity index (χ0) is 21.2. The van der Waals surface area contributed by atoms with Crippen molar-refractivity contribution in [1.29, 1.82) is 0 Å². The first-order valence-electron chi connectivity index (χ1n) is 8.78. The van der Waals surface area contributed by atoms with Crippen LogP contribution in [-0.4, -0.2) is 35.8 Å². The summed E-state index contributed by atoms with van der Waals surface area (Å²) in [5.41, 5.74) is 5.79. The van der Waals surface area contributed by atoms with Crippen LogP contribution in [0.5, 0.6) is 0 Å². The summed E-state index contributed by atoms with van der Waals surface area (Å²) in [6.07, 6.45) is 2.41. The normalized spacial score (nSPS) is 11.4. The third kappa shape index (κ3) is 7.61. The third-order valence-corrected chi connectivity index (χ3v) is 5.13. The molecule has 6 nitrogen and oxygen atoms in total. The lowest BCUT2D eigenvalue weighted by Crippen LogP contribution is -2.52. The van der Waals surface area contributed by atoms with Crippen LogP contribution in [0.2, 0.25) is 10.0 Å². The molecule has 0 saturated heterocycles. The maximum Gasteiger partial charge on any atom is 0.260 e. The molecule has 1 unspecified atom stereocenters. The standard InChI is InChI=1S/C20H21Cl2N3O3S/c1-29-10-9-17(23-19(27)15-8-7-14(21)12-16(15)22)20(28)25-24-18(26)11-13-5-3-2-4-6-13/h2-8,12,17H,9-11H2,1H3,(H,23,27)(H,24,26)(H,25,28). The second kappa shape index (κ2) is 11.7. The molecule has 2 rings (SSSR count). The molecule has 0 aliphatic rings. The molecule has 0 saturated carbocycles. The van der Waals surface area contributed by atoms with Gasteiger partial charge in [0.2, 0.25) is 5.91 Å². The van der Waals surface area contributed by atoms with Gasteiger partial charge in [0, 0.05) is 5.02 Å². The minimum Gasteiger partial charge on any atom is -0.340 e. The Morgan fingerprint density at radius 1 is 1.03 bits per heavy atom. The predicted octanol–water partition coefficient (Wildman–Crippen LogP) is 3.24. The Morgan fingerprint density at radius 2 is 1.76 bits per heavy atom. The number of hydrazine groups is 1. The first-order chi connectivity index (χ1) is 13.9. The van der Waals surface area contributed by atoms with Gasteiger partial charge in [-0.1, -0.05) is 53.5 Å². The van der Waals surface area contributed by atoms with E-state index in [1.807, 2.05) is 36.6 Å². The van der Waals surface area contributed by atoms with Crippen LogP contribution in [0.3, 0.4) is 0 Å². The van der Waals surface area contributed by atoms with Crippen molar-refractivity contribution in [2.24, 2.45) is 0 Å². The molecule has 0 heterocycles. The number of hydrogen-bond donors (Lipinski definition) is 3. The van der Waals surface area contributed by atoms with E-state index in [0.717, 1.165) is 5.56 Å². The Bertz CT molecular complexity index is 865. The van der Waals surface area contributed by atoms with E-state index in [1.54, 1.807) is 6.07 Å². The van der Waals surface area contributed by atoms with Gasteiger partial charge >= 0.3 is 0 Å². The average Bonchev–Trinajstić information content (AvgIpc) is 2.69. The van der Waals surface area contributed by atoms with Crippen molar-refractivity contribution in [2.75, 3.05) is 12.0 Å². The number of amides is 3. The van der Waals surface area contributed by atoms with Crippen molar-refractivity contribution < 1.29 is 14.4 Å². The zero-order valence-corrected chi connectivity index (χ0v) is 18.0. The maximum atomic E-state index is 12.5. The van der Waals surface area contributed by atoms with Crippen molar-refractivity contribution >= 4 is 52.7 Å². The largest absolute Gasteiger partial charge is 0.340 e. The molecule has 0 bridgehead atoms. The average molecular weight is 454 g/mol. The smallest absolute Gasteiger partial charge is 0.260 e. The quantitative estimate of drug-likeness (QED) is 0.535. The molecular weight excluding hydrogens is 433 g/mol. The van der Waals surface area contributed by atoms with Crippen LogP contribution in [0.4, 0.5) is 0 Å². The third-order valence-electron chi connectivity index (χ3n) is 3.94. The Kier molecular flexibility index (Phi) is 9.31. The van der Waals surface area contributed by atoms with Crippen molar-refractivity contribution in [2.45, 2.75) is 18.9 Å². The van der Waals surface area contributed by atoms with Crippen molar-refractivity contribution in [3.05, 3.63) is 69.7 Å². The van der Waals surface area contributed by atoms with Crippen LogP contribution in [0.25, 0.3) is 0 Å². The fraction of sp³-hybridized carbons (Fsp3) is 0.250. The Balaban J connectivity index is 1.96. The van der Waals surface area contributed by atoms with Gasteiger partial charge in [-0.3, -0.25) is 25.2 Å². The van der Waals surface area contributed by atoms with Gasteiger partial charge in [0.1, 0.15) is 6.04 Å². The van der Waals surface area contributed by atoms with Crippen LogP contribution in [-0.2, 0) is 16.0 Å². The van der Waals surface area contributed by atoms with Gasteiger partial charge in [-0.25, -0.2) is 0 Å². The van der Waals surface area contributed by atoms with E-state index in [9.17, 15) is 14.4 Å². The molecule has 0 aliphatic heterocycles. The van der Waals surface area contributed by atoms with E-state index in [2.05, 4.69) is 16.2 Å². The highest BCUT2D eigenvalue weighted by molar-refractivity contribution is 7.98. The first-order valence-corrected chi connectivity index (χ1v) is 10.9. The van der Waals surface area contributed by atoms with E-state index in [0.29, 0.717) is 17.2 Å². The van der Waals surface area contributed by atoms with Crippen LogP contribution in [0, 0.1) is 0 Å². The molecule has 154 valence electrons. The lowest BCUT2D eigenvalue weighted by molar-refractivity contribution is -0.129. The molecule has 9 heteroatoms. The Labute approximate surface area is 183 Å². The summed E-state index contributed by atoms with van der Waals surface area (Å²) in [5, 5.41) is 3.26. The number of thioether (sulfide) groups is 1. The van der Waals surface area contributed by atoms with Gasteiger partial charge in [0.05, 0.1) is 17.0 Å². The molecular formula is C20H21Cl2N3O3S. The van der Waals surface area contributed by atoms with Gasteiger partial charge in [0.25, 0.3) is 11.8 Å². The summed E-state index contributed by atoms with van der Waals surface area (Å²) < 4.78 is 0. The van der Waals surface area contributed by atoms with E-state index in [4.69, 9.17) is 23.2 Å². The predicted molar refractivity (Wildman–Crippen MR) is 117 cm³/mol. The molecule has 29 heavy (non-hydrogen) atoms. The second-order valence-corrected chi connectivity index (χ2v) is 7.96. The minimum atomic E-state index is -0.835. The summed E-state index contributed by atoms with van der Waals surface area (Å²) >= 11 is 13.5. The summed E-state index contributed by atoms with van der Waals surface area (Å²) in [7, 11) is 0. The molecule has 0 aliphatic carbocycles. The summed E-state index contributed by atoms with van der Waals surface area (Å²) in [6.45, 7) is 0. The fourth-order valence-electron chi connectivity index (χ4n) is 2.46. The number of nitrogens with one attached hydrogen (secondary N) is 3. The fourth-order valence-corrected chi connectivity index (χ4v) is 3.42. The Hall–Kier alpha value is -2.22. The Morgan fingerprint density at radius 3 is 2.41 bits per heavy atom. The molecule has 0 aromatic heterocycles.